The minimum Gasteiger partial charge on any atom is -0.389 e. The fraction of sp³-hybridized carbons (Fsp3) is 0.556. The van der Waals surface area contributed by atoms with E-state index in [0.717, 1.165) is 32.7 Å². The molecule has 0 saturated carbocycles. The molecule has 1 aromatic heterocycles. The monoisotopic (exact) mass is 331 g/mol. The number of aromatic amines is 1. The van der Waals surface area contributed by atoms with E-state index in [2.05, 4.69) is 39.0 Å². The lowest BCUT2D eigenvalue weighted by Crippen LogP contribution is -2.60. The predicted molar refractivity (Wildman–Crippen MR) is 91.8 cm³/mol. The van der Waals surface area contributed by atoms with E-state index >= 15 is 0 Å². The first kappa shape index (κ1) is 16.1. The largest absolute Gasteiger partial charge is 0.389 e. The van der Waals surface area contributed by atoms with E-state index in [0.29, 0.717) is 6.61 Å². The molecular formula is C18H25N3O3. The lowest BCUT2D eigenvalue weighted by atomic mass is 10.0. The molecule has 2 fully saturated rings. The van der Waals surface area contributed by atoms with Gasteiger partial charge in [0, 0.05) is 44.4 Å². The molecule has 0 bridgehead atoms. The highest BCUT2D eigenvalue weighted by Gasteiger charge is 2.36. The molecule has 2 aromatic rings. The molecule has 24 heavy (non-hydrogen) atoms. The number of aliphatic hydroxyl groups is 2. The average molecular weight is 331 g/mol. The van der Waals surface area contributed by atoms with Crippen LogP contribution in [0.5, 0.6) is 0 Å². The number of ether oxygens (including phenoxy) is 1. The van der Waals surface area contributed by atoms with E-state index in [-0.39, 0.29) is 12.6 Å². The lowest BCUT2D eigenvalue weighted by Gasteiger charge is -2.43. The van der Waals surface area contributed by atoms with Crippen LogP contribution in [0.25, 0.3) is 10.9 Å². The van der Waals surface area contributed by atoms with Gasteiger partial charge in [-0.05, 0) is 29.1 Å². The van der Waals surface area contributed by atoms with Crippen LogP contribution < -0.4 is 0 Å². The first-order valence-electron chi connectivity index (χ1n) is 8.67. The van der Waals surface area contributed by atoms with Crippen molar-refractivity contribution in [3.63, 3.8) is 0 Å². The van der Waals surface area contributed by atoms with Crippen LogP contribution in [0, 0.1) is 0 Å². The smallest absolute Gasteiger partial charge is 0.105 e. The highest BCUT2D eigenvalue weighted by molar-refractivity contribution is 5.79. The van der Waals surface area contributed by atoms with Crippen LogP contribution in [0.15, 0.2) is 30.5 Å². The molecule has 130 valence electrons. The highest BCUT2D eigenvalue weighted by atomic mass is 16.5. The van der Waals surface area contributed by atoms with Crippen molar-refractivity contribution in [1.29, 1.82) is 0 Å². The molecule has 0 radical (unpaired) electrons. The molecule has 6 nitrogen and oxygen atoms in total. The Labute approximate surface area is 141 Å². The minimum absolute atomic E-state index is 0.0906. The summed E-state index contributed by atoms with van der Waals surface area (Å²) in [5.41, 5.74) is 2.50. The first-order chi connectivity index (χ1) is 11.7. The van der Waals surface area contributed by atoms with Gasteiger partial charge in [-0.3, -0.25) is 9.80 Å². The normalized spacial score (nSPS) is 30.0. The number of benzene rings is 1. The Bertz CT molecular complexity index is 681. The second kappa shape index (κ2) is 6.82. The second-order valence-electron chi connectivity index (χ2n) is 6.87. The van der Waals surface area contributed by atoms with Crippen molar-refractivity contribution in [3.05, 3.63) is 36.0 Å². The third kappa shape index (κ3) is 3.20. The van der Waals surface area contributed by atoms with E-state index < -0.39 is 12.2 Å². The average Bonchev–Trinajstić information content (AvgIpc) is 3.06. The molecule has 0 spiro atoms. The molecule has 6 heteroatoms. The molecule has 1 aromatic carbocycles. The van der Waals surface area contributed by atoms with Gasteiger partial charge in [0.05, 0.1) is 25.4 Å². The molecular weight excluding hydrogens is 306 g/mol. The van der Waals surface area contributed by atoms with Crippen LogP contribution in [0.2, 0.25) is 0 Å². The summed E-state index contributed by atoms with van der Waals surface area (Å²) in [4.78, 5) is 7.91. The fourth-order valence-corrected chi connectivity index (χ4v) is 3.80. The Morgan fingerprint density at radius 1 is 1.08 bits per heavy atom. The Kier molecular flexibility index (Phi) is 4.56. The van der Waals surface area contributed by atoms with Gasteiger partial charge in [0.1, 0.15) is 6.10 Å². The number of fused-ring (bicyclic) bond motifs is 1. The van der Waals surface area contributed by atoms with Crippen molar-refractivity contribution in [3.8, 4) is 0 Å². The number of H-pyrrole nitrogens is 1. The van der Waals surface area contributed by atoms with Gasteiger partial charge in [-0.15, -0.1) is 0 Å². The molecule has 3 heterocycles. The molecule has 0 aliphatic carbocycles. The SMILES string of the molecule is O[C@@H]1[C@H](O)COC[C@H]1N1CCN(Cc2ccc3[nH]ccc3c2)CC1. The summed E-state index contributed by atoms with van der Waals surface area (Å²) in [5, 5.41) is 21.2. The van der Waals surface area contributed by atoms with Crippen molar-refractivity contribution in [2.75, 3.05) is 39.4 Å². The summed E-state index contributed by atoms with van der Waals surface area (Å²) in [6.07, 6.45) is 0.496. The van der Waals surface area contributed by atoms with Gasteiger partial charge in [0.2, 0.25) is 0 Å². The van der Waals surface area contributed by atoms with Crippen molar-refractivity contribution in [2.45, 2.75) is 24.8 Å². The molecule has 2 aliphatic heterocycles. The number of piperazine rings is 1. The summed E-state index contributed by atoms with van der Waals surface area (Å²) in [6.45, 7) is 5.40. The Morgan fingerprint density at radius 3 is 2.75 bits per heavy atom. The molecule has 2 aliphatic rings. The number of nitrogens with one attached hydrogen (secondary N) is 1. The van der Waals surface area contributed by atoms with Gasteiger partial charge in [-0.1, -0.05) is 6.07 Å². The van der Waals surface area contributed by atoms with Crippen molar-refractivity contribution < 1.29 is 14.9 Å². The third-order valence-corrected chi connectivity index (χ3v) is 5.27. The topological polar surface area (TPSA) is 72.0 Å². The molecule has 2 saturated heterocycles. The standard InChI is InChI=1S/C18H25N3O3/c22-17-12-24-11-16(18(17)23)21-7-5-20(6-8-21)10-13-1-2-15-14(9-13)3-4-19-15/h1-4,9,16-19,22-23H,5-8,10-12H2/t16-,17-,18+/m1/s1. The maximum absolute atomic E-state index is 10.2. The molecule has 0 unspecified atom stereocenters. The minimum atomic E-state index is -0.769. The maximum atomic E-state index is 10.2. The zero-order valence-corrected chi connectivity index (χ0v) is 13.8. The number of hydrogen-bond acceptors (Lipinski definition) is 5. The Morgan fingerprint density at radius 2 is 1.92 bits per heavy atom. The first-order valence-corrected chi connectivity index (χ1v) is 8.67. The van der Waals surface area contributed by atoms with Gasteiger partial charge in [-0.2, -0.15) is 0 Å². The van der Waals surface area contributed by atoms with Crippen LogP contribution in [-0.2, 0) is 11.3 Å². The number of aliphatic hydroxyl groups excluding tert-OH is 2. The summed E-state index contributed by atoms with van der Waals surface area (Å²) in [5.74, 6) is 0. The molecule has 3 atom stereocenters. The molecule has 3 N–H and O–H groups in total. The lowest BCUT2D eigenvalue weighted by molar-refractivity contribution is -0.137. The highest BCUT2D eigenvalue weighted by Crippen LogP contribution is 2.19. The second-order valence-corrected chi connectivity index (χ2v) is 6.87. The van der Waals surface area contributed by atoms with Gasteiger partial charge in [0.15, 0.2) is 0 Å². The zero-order valence-electron chi connectivity index (χ0n) is 13.8. The van der Waals surface area contributed by atoms with Crippen molar-refractivity contribution in [1.82, 2.24) is 14.8 Å². The van der Waals surface area contributed by atoms with Gasteiger partial charge in [-0.25, -0.2) is 0 Å². The zero-order chi connectivity index (χ0) is 16.5. The number of aromatic nitrogens is 1. The van der Waals surface area contributed by atoms with E-state index in [9.17, 15) is 10.2 Å². The quantitative estimate of drug-likeness (QED) is 0.760. The molecule has 0 amide bonds. The Hall–Kier alpha value is -1.44. The van der Waals surface area contributed by atoms with E-state index in [1.807, 2.05) is 6.20 Å². The van der Waals surface area contributed by atoms with Crippen LogP contribution in [0.3, 0.4) is 0 Å². The predicted octanol–water partition coefficient (Wildman–Crippen LogP) is 0.406. The van der Waals surface area contributed by atoms with Gasteiger partial charge in [0.25, 0.3) is 0 Å². The van der Waals surface area contributed by atoms with Gasteiger partial charge < -0.3 is 19.9 Å². The fourth-order valence-electron chi connectivity index (χ4n) is 3.80. The van der Waals surface area contributed by atoms with Crippen molar-refractivity contribution in [2.24, 2.45) is 0 Å². The van der Waals surface area contributed by atoms with E-state index in [4.69, 9.17) is 4.74 Å². The number of nitrogens with zero attached hydrogens (tertiary/aromatic N) is 2. The third-order valence-electron chi connectivity index (χ3n) is 5.27. The van der Waals surface area contributed by atoms with E-state index in [1.54, 1.807) is 0 Å². The number of rotatable bonds is 3. The Balaban J connectivity index is 1.34. The summed E-state index contributed by atoms with van der Waals surface area (Å²) < 4.78 is 5.41. The summed E-state index contributed by atoms with van der Waals surface area (Å²) >= 11 is 0. The summed E-state index contributed by atoms with van der Waals surface area (Å²) in [7, 11) is 0. The van der Waals surface area contributed by atoms with E-state index in [1.165, 1.54) is 16.5 Å². The maximum Gasteiger partial charge on any atom is 0.105 e. The van der Waals surface area contributed by atoms with Crippen molar-refractivity contribution >= 4 is 10.9 Å². The van der Waals surface area contributed by atoms with Crippen LogP contribution in [0.1, 0.15) is 5.56 Å². The summed E-state index contributed by atoms with van der Waals surface area (Å²) in [6, 6.07) is 8.57. The molecule has 4 rings (SSSR count). The number of hydrogen-bond donors (Lipinski definition) is 3. The van der Waals surface area contributed by atoms with Gasteiger partial charge >= 0.3 is 0 Å². The van der Waals surface area contributed by atoms with Crippen LogP contribution in [-0.4, -0.2) is 82.6 Å². The van der Waals surface area contributed by atoms with Crippen LogP contribution >= 0.6 is 0 Å². The van der Waals surface area contributed by atoms with Crippen LogP contribution in [0.4, 0.5) is 0 Å².